The molecule has 6 nitrogen and oxygen atoms in total. The second-order valence-electron chi connectivity index (χ2n) is 5.71. The number of carbonyl (C=O) groups excluding carboxylic acids is 1. The molecule has 1 saturated carbocycles. The van der Waals surface area contributed by atoms with Gasteiger partial charge in [0.2, 0.25) is 11.9 Å². The van der Waals surface area contributed by atoms with Crippen LogP contribution in [0.5, 0.6) is 0 Å². The van der Waals surface area contributed by atoms with Crippen LogP contribution in [0.2, 0.25) is 0 Å². The van der Waals surface area contributed by atoms with Gasteiger partial charge in [0.25, 0.3) is 0 Å². The smallest absolute Gasteiger partial charge is 0.307 e. The highest BCUT2D eigenvalue weighted by atomic mass is 16.4. The van der Waals surface area contributed by atoms with Gasteiger partial charge < -0.3 is 10.1 Å². The molecule has 1 aromatic heterocycles. The molecule has 1 aliphatic rings. The first kappa shape index (κ1) is 12.7. The van der Waals surface area contributed by atoms with Crippen molar-refractivity contribution in [2.24, 2.45) is 17.3 Å². The Balaban J connectivity index is 1.78. The number of amides is 1. The van der Waals surface area contributed by atoms with E-state index >= 15 is 0 Å². The van der Waals surface area contributed by atoms with Crippen LogP contribution in [0.4, 0.5) is 5.95 Å². The molecule has 6 heteroatoms. The van der Waals surface area contributed by atoms with E-state index in [0.717, 1.165) is 11.0 Å². The fraction of sp³-hybridized carbons (Fsp3) is 0.357. The number of carbonyl (C=O) groups is 2. The molecule has 2 atom stereocenters. The number of hydrogen-bond donors (Lipinski definition) is 3. The molecule has 104 valence electrons. The highest BCUT2D eigenvalue weighted by Crippen LogP contribution is 2.58. The normalized spacial score (nSPS) is 23.5. The van der Waals surface area contributed by atoms with E-state index in [-0.39, 0.29) is 5.91 Å². The Hall–Kier alpha value is -2.37. The number of fused-ring (bicyclic) bond motifs is 1. The summed E-state index contributed by atoms with van der Waals surface area (Å²) in [7, 11) is 0. The maximum Gasteiger partial charge on any atom is 0.307 e. The summed E-state index contributed by atoms with van der Waals surface area (Å²) in [5.74, 6) is -2.04. The molecule has 1 amide bonds. The summed E-state index contributed by atoms with van der Waals surface area (Å²) < 4.78 is 0. The molecule has 2 aromatic rings. The Kier molecular flexibility index (Phi) is 2.57. The minimum atomic E-state index is -0.931. The van der Waals surface area contributed by atoms with E-state index in [1.165, 1.54) is 0 Å². The van der Waals surface area contributed by atoms with Crippen molar-refractivity contribution in [1.82, 2.24) is 9.97 Å². The molecule has 0 aliphatic heterocycles. The van der Waals surface area contributed by atoms with Crippen molar-refractivity contribution >= 4 is 28.9 Å². The van der Waals surface area contributed by atoms with Crippen molar-refractivity contribution in [3.8, 4) is 0 Å². The standard InChI is InChI=1S/C14H15N3O3/c1-14(2)9(10(14)12(19)20)11(18)17-13-15-7-5-3-4-6-8(7)16-13/h3-6,9-10H,1-2H3,(H,19,20)(H2,15,16,17,18)/t9-,10+/m1/s1. The third-order valence-corrected chi connectivity index (χ3v) is 4.01. The van der Waals surface area contributed by atoms with Crippen molar-refractivity contribution in [3.05, 3.63) is 24.3 Å². The monoisotopic (exact) mass is 273 g/mol. The summed E-state index contributed by atoms with van der Waals surface area (Å²) in [4.78, 5) is 30.5. The first-order valence-electron chi connectivity index (χ1n) is 6.39. The predicted molar refractivity (Wildman–Crippen MR) is 73.1 cm³/mol. The van der Waals surface area contributed by atoms with Crippen LogP contribution in [0.1, 0.15) is 13.8 Å². The zero-order valence-electron chi connectivity index (χ0n) is 11.2. The van der Waals surface area contributed by atoms with Gasteiger partial charge in [-0.25, -0.2) is 4.98 Å². The summed E-state index contributed by atoms with van der Waals surface area (Å²) in [5.41, 5.74) is 1.07. The molecule has 20 heavy (non-hydrogen) atoms. The number of benzene rings is 1. The highest BCUT2D eigenvalue weighted by Gasteiger charge is 2.66. The Morgan fingerprint density at radius 1 is 1.30 bits per heavy atom. The number of imidazole rings is 1. The van der Waals surface area contributed by atoms with Gasteiger partial charge in [-0.3, -0.25) is 14.9 Å². The second-order valence-corrected chi connectivity index (χ2v) is 5.71. The Labute approximate surface area is 115 Å². The molecule has 0 unspecified atom stereocenters. The van der Waals surface area contributed by atoms with Gasteiger partial charge in [-0.1, -0.05) is 26.0 Å². The topological polar surface area (TPSA) is 95.1 Å². The first-order chi connectivity index (χ1) is 9.41. The molecule has 1 heterocycles. The molecule has 3 rings (SSSR count). The predicted octanol–water partition coefficient (Wildman–Crippen LogP) is 1.86. The maximum atomic E-state index is 12.1. The van der Waals surface area contributed by atoms with Crippen LogP contribution in [0.3, 0.4) is 0 Å². The lowest BCUT2D eigenvalue weighted by Crippen LogP contribution is -2.18. The molecule has 0 radical (unpaired) electrons. The van der Waals surface area contributed by atoms with Crippen LogP contribution in [-0.4, -0.2) is 27.0 Å². The van der Waals surface area contributed by atoms with E-state index in [0.29, 0.717) is 5.95 Å². The summed E-state index contributed by atoms with van der Waals surface area (Å²) in [5, 5.41) is 11.8. The average Bonchev–Trinajstić information content (AvgIpc) is 2.76. The number of rotatable bonds is 3. The van der Waals surface area contributed by atoms with Crippen molar-refractivity contribution in [2.75, 3.05) is 5.32 Å². The summed E-state index contributed by atoms with van der Waals surface area (Å²) >= 11 is 0. The van der Waals surface area contributed by atoms with Crippen molar-refractivity contribution < 1.29 is 14.7 Å². The molecule has 3 N–H and O–H groups in total. The summed E-state index contributed by atoms with van der Waals surface area (Å²) in [6.45, 7) is 3.57. The number of nitrogens with zero attached hydrogens (tertiary/aromatic N) is 1. The van der Waals surface area contributed by atoms with Crippen molar-refractivity contribution in [3.63, 3.8) is 0 Å². The molecular formula is C14H15N3O3. The number of H-pyrrole nitrogens is 1. The molecule has 0 bridgehead atoms. The lowest BCUT2D eigenvalue weighted by Gasteiger charge is -2.02. The van der Waals surface area contributed by atoms with Gasteiger partial charge in [0.1, 0.15) is 0 Å². The van der Waals surface area contributed by atoms with Crippen LogP contribution in [0.15, 0.2) is 24.3 Å². The quantitative estimate of drug-likeness (QED) is 0.795. The molecule has 1 aromatic carbocycles. The van der Waals surface area contributed by atoms with E-state index in [1.54, 1.807) is 13.8 Å². The van der Waals surface area contributed by atoms with Crippen molar-refractivity contribution in [2.45, 2.75) is 13.8 Å². The molecule has 0 spiro atoms. The number of aromatic amines is 1. The molecular weight excluding hydrogens is 258 g/mol. The fourth-order valence-electron chi connectivity index (χ4n) is 2.79. The van der Waals surface area contributed by atoms with Gasteiger partial charge in [0.15, 0.2) is 0 Å². The number of para-hydroxylation sites is 2. The minimum Gasteiger partial charge on any atom is -0.481 e. The summed E-state index contributed by atoms with van der Waals surface area (Å²) in [6.07, 6.45) is 0. The van der Waals surface area contributed by atoms with E-state index < -0.39 is 23.2 Å². The van der Waals surface area contributed by atoms with Gasteiger partial charge >= 0.3 is 5.97 Å². The lowest BCUT2D eigenvalue weighted by atomic mass is 10.1. The van der Waals surface area contributed by atoms with Crippen molar-refractivity contribution in [1.29, 1.82) is 0 Å². The number of carboxylic acid groups (broad SMARTS) is 1. The number of anilines is 1. The van der Waals surface area contributed by atoms with Gasteiger partial charge in [0, 0.05) is 0 Å². The van der Waals surface area contributed by atoms with E-state index in [1.807, 2.05) is 24.3 Å². The van der Waals surface area contributed by atoms with Gasteiger partial charge in [-0.05, 0) is 17.5 Å². The highest BCUT2D eigenvalue weighted by molar-refractivity contribution is 5.99. The Bertz CT molecular complexity index is 672. The van der Waals surface area contributed by atoms with E-state index in [2.05, 4.69) is 15.3 Å². The SMILES string of the molecule is CC1(C)[C@H](C(=O)O)[C@@H]1C(=O)Nc1nc2ccccc2[nH]1. The lowest BCUT2D eigenvalue weighted by molar-refractivity contribution is -0.140. The van der Waals surface area contributed by atoms with E-state index in [9.17, 15) is 9.59 Å². The van der Waals surface area contributed by atoms with Crippen LogP contribution in [0, 0.1) is 17.3 Å². The maximum absolute atomic E-state index is 12.1. The summed E-state index contributed by atoms with van der Waals surface area (Å²) in [6, 6.07) is 7.43. The van der Waals surface area contributed by atoms with Gasteiger partial charge in [-0.2, -0.15) is 0 Å². The average molecular weight is 273 g/mol. The number of carboxylic acids is 1. The van der Waals surface area contributed by atoms with Gasteiger partial charge in [-0.15, -0.1) is 0 Å². The molecule has 1 fully saturated rings. The Morgan fingerprint density at radius 2 is 2.00 bits per heavy atom. The largest absolute Gasteiger partial charge is 0.481 e. The zero-order valence-corrected chi connectivity index (χ0v) is 11.2. The van der Waals surface area contributed by atoms with Crippen LogP contribution < -0.4 is 5.32 Å². The van der Waals surface area contributed by atoms with Crippen LogP contribution >= 0.6 is 0 Å². The first-order valence-corrected chi connectivity index (χ1v) is 6.39. The fourth-order valence-corrected chi connectivity index (χ4v) is 2.79. The van der Waals surface area contributed by atoms with Crippen LogP contribution in [0.25, 0.3) is 11.0 Å². The number of nitrogens with one attached hydrogen (secondary N) is 2. The third-order valence-electron chi connectivity index (χ3n) is 4.01. The van der Waals surface area contributed by atoms with Crippen LogP contribution in [-0.2, 0) is 9.59 Å². The number of hydrogen-bond acceptors (Lipinski definition) is 3. The zero-order chi connectivity index (χ0) is 14.5. The molecule has 1 aliphatic carbocycles. The minimum absolute atomic E-state index is 0.304. The Morgan fingerprint density at radius 3 is 2.60 bits per heavy atom. The van der Waals surface area contributed by atoms with Gasteiger partial charge in [0.05, 0.1) is 22.9 Å². The van der Waals surface area contributed by atoms with E-state index in [4.69, 9.17) is 5.11 Å². The third kappa shape index (κ3) is 1.84. The number of aliphatic carboxylic acids is 1. The number of aromatic nitrogens is 2. The molecule has 0 saturated heterocycles. The second kappa shape index (κ2) is 4.06.